The number of nitrogens with zero attached hydrogens (tertiary/aromatic N) is 4. The van der Waals surface area contributed by atoms with E-state index in [0.717, 1.165) is 6.42 Å². The number of nitrogens with one attached hydrogen (secondary N) is 1. The second kappa shape index (κ2) is 7.45. The molecule has 0 radical (unpaired) electrons. The van der Waals surface area contributed by atoms with Crippen LogP contribution < -0.4 is 11.1 Å². The molecule has 158 valence electrons. The van der Waals surface area contributed by atoms with E-state index in [4.69, 9.17) is 5.73 Å². The summed E-state index contributed by atoms with van der Waals surface area (Å²) < 4.78 is 2.09. The summed E-state index contributed by atoms with van der Waals surface area (Å²) in [6.45, 7) is 0.460. The van der Waals surface area contributed by atoms with Crippen LogP contribution in [0, 0.1) is 11.8 Å². The van der Waals surface area contributed by atoms with Crippen molar-refractivity contribution in [1.82, 2.24) is 19.7 Å². The summed E-state index contributed by atoms with van der Waals surface area (Å²) >= 11 is 3.29. The average Bonchev–Trinajstić information content (AvgIpc) is 3.24. The summed E-state index contributed by atoms with van der Waals surface area (Å²) in [5.41, 5.74) is 6.22. The lowest BCUT2D eigenvalue weighted by molar-refractivity contribution is -0.138. The van der Waals surface area contributed by atoms with Crippen LogP contribution in [0.4, 0.5) is 5.82 Å². The van der Waals surface area contributed by atoms with Crippen LogP contribution in [0.2, 0.25) is 0 Å². The van der Waals surface area contributed by atoms with Crippen LogP contribution in [0.3, 0.4) is 0 Å². The molecule has 1 aromatic carbocycles. The first-order valence-electron chi connectivity index (χ1n) is 9.90. The third-order valence-electron chi connectivity index (χ3n) is 5.88. The van der Waals surface area contributed by atoms with Gasteiger partial charge in [-0.2, -0.15) is 5.10 Å². The third kappa shape index (κ3) is 3.56. The fraction of sp³-hybridized carbons (Fsp3) is 0.286. The minimum atomic E-state index is -0.649. The molecule has 0 bridgehead atoms. The van der Waals surface area contributed by atoms with E-state index in [2.05, 4.69) is 31.3 Å². The van der Waals surface area contributed by atoms with Crippen molar-refractivity contribution in [2.45, 2.75) is 19.0 Å². The summed E-state index contributed by atoms with van der Waals surface area (Å²) in [7, 11) is 0. The maximum Gasteiger partial charge on any atom is 0.269 e. The number of hydrogen-bond acceptors (Lipinski definition) is 5. The van der Waals surface area contributed by atoms with Crippen LogP contribution in [0.25, 0.3) is 10.9 Å². The van der Waals surface area contributed by atoms with Gasteiger partial charge < -0.3 is 16.0 Å². The highest BCUT2D eigenvalue weighted by atomic mass is 79.9. The van der Waals surface area contributed by atoms with Crippen LogP contribution >= 0.6 is 15.9 Å². The molecule has 3 amide bonds. The van der Waals surface area contributed by atoms with Crippen molar-refractivity contribution in [2.24, 2.45) is 17.6 Å². The zero-order chi connectivity index (χ0) is 21.7. The molecule has 3 atom stereocenters. The van der Waals surface area contributed by atoms with E-state index in [1.165, 1.54) is 4.68 Å². The second-order valence-electron chi connectivity index (χ2n) is 7.87. The maximum atomic E-state index is 13.2. The molecule has 3 heterocycles. The summed E-state index contributed by atoms with van der Waals surface area (Å²) in [6, 6.07) is 11.8. The molecule has 3 N–H and O–H groups in total. The summed E-state index contributed by atoms with van der Waals surface area (Å²) in [6.07, 6.45) is 0.935. The zero-order valence-corrected chi connectivity index (χ0v) is 17.9. The number of fused-ring (bicyclic) bond motifs is 2. The molecule has 1 aliphatic carbocycles. The quantitative estimate of drug-likeness (QED) is 0.536. The van der Waals surface area contributed by atoms with E-state index in [0.29, 0.717) is 33.8 Å². The highest BCUT2D eigenvalue weighted by Gasteiger charge is 2.56. The Bertz CT molecular complexity index is 1220. The first kappa shape index (κ1) is 19.7. The Morgan fingerprint density at radius 3 is 2.74 bits per heavy atom. The van der Waals surface area contributed by atoms with E-state index in [1.54, 1.807) is 41.3 Å². The number of amides is 3. The number of carbonyl (C=O) groups excluding carboxylic acids is 3. The minimum absolute atomic E-state index is 0.0772. The Morgan fingerprint density at radius 1 is 1.16 bits per heavy atom. The van der Waals surface area contributed by atoms with Crippen molar-refractivity contribution in [2.75, 3.05) is 11.9 Å². The minimum Gasteiger partial charge on any atom is -0.364 e. The van der Waals surface area contributed by atoms with Crippen molar-refractivity contribution in [3.8, 4) is 0 Å². The van der Waals surface area contributed by atoms with Crippen molar-refractivity contribution in [3.05, 3.63) is 52.8 Å². The van der Waals surface area contributed by atoms with Gasteiger partial charge in [0.1, 0.15) is 23.0 Å². The maximum absolute atomic E-state index is 13.2. The topological polar surface area (TPSA) is 123 Å². The van der Waals surface area contributed by atoms with Gasteiger partial charge in [0, 0.05) is 11.9 Å². The number of aromatic nitrogens is 3. The van der Waals surface area contributed by atoms with Gasteiger partial charge in [-0.25, -0.2) is 4.98 Å². The molecular weight excluding hydrogens is 464 g/mol. The lowest BCUT2D eigenvalue weighted by Crippen LogP contribution is -2.47. The number of hydrogen-bond donors (Lipinski definition) is 2. The molecule has 0 spiro atoms. The molecule has 2 fully saturated rings. The van der Waals surface area contributed by atoms with E-state index in [1.807, 2.05) is 6.07 Å². The molecule has 31 heavy (non-hydrogen) atoms. The van der Waals surface area contributed by atoms with E-state index in [-0.39, 0.29) is 30.0 Å². The van der Waals surface area contributed by atoms with Crippen molar-refractivity contribution >= 4 is 50.4 Å². The Morgan fingerprint density at radius 2 is 1.97 bits per heavy atom. The van der Waals surface area contributed by atoms with E-state index >= 15 is 0 Å². The number of benzene rings is 1. The van der Waals surface area contributed by atoms with Gasteiger partial charge in [-0.05, 0) is 52.4 Å². The molecule has 10 heteroatoms. The van der Waals surface area contributed by atoms with Gasteiger partial charge in [0.25, 0.3) is 5.91 Å². The Kier molecular flexibility index (Phi) is 4.73. The number of carbonyl (C=O) groups is 3. The number of para-hydroxylation sites is 1. The number of halogens is 1. The predicted octanol–water partition coefficient (Wildman–Crippen LogP) is 1.78. The van der Waals surface area contributed by atoms with Crippen molar-refractivity contribution < 1.29 is 14.4 Å². The first-order chi connectivity index (χ1) is 14.9. The zero-order valence-electron chi connectivity index (χ0n) is 16.4. The standard InChI is InChI=1S/C21H19BrN6O3/c22-15-6-3-7-16(24-15)25-21(31)19-13-8-11(13)9-27(19)17(29)10-28-14-5-2-1-4-12(14)18(26-28)20(23)30/h1-7,11,13,19H,8-10H2,(H2,23,30)(H,24,25,31)/t11-,13-,19+/m1/s1. The van der Waals surface area contributed by atoms with Crippen LogP contribution in [-0.2, 0) is 16.1 Å². The second-order valence-corrected chi connectivity index (χ2v) is 8.69. The van der Waals surface area contributed by atoms with Gasteiger partial charge in [0.15, 0.2) is 5.69 Å². The third-order valence-corrected chi connectivity index (χ3v) is 6.32. The normalized spacial score (nSPS) is 21.7. The molecule has 1 saturated heterocycles. The van der Waals surface area contributed by atoms with Crippen molar-refractivity contribution in [3.63, 3.8) is 0 Å². The van der Waals surface area contributed by atoms with E-state index in [9.17, 15) is 14.4 Å². The number of rotatable bonds is 5. The fourth-order valence-corrected chi connectivity index (χ4v) is 4.73. The molecule has 5 rings (SSSR count). The van der Waals surface area contributed by atoms with Gasteiger partial charge in [-0.1, -0.05) is 24.3 Å². The van der Waals surface area contributed by atoms with Gasteiger partial charge in [-0.15, -0.1) is 0 Å². The smallest absolute Gasteiger partial charge is 0.269 e. The number of piperidine rings is 1. The largest absolute Gasteiger partial charge is 0.364 e. The summed E-state index contributed by atoms with van der Waals surface area (Å²) in [4.78, 5) is 43.8. The van der Waals surface area contributed by atoms with Gasteiger partial charge >= 0.3 is 0 Å². The molecule has 1 saturated carbocycles. The SMILES string of the molecule is NC(=O)c1nn(CC(=O)N2C[C@H]3C[C@H]3[C@H]2C(=O)Nc2cccc(Br)n2)c2ccccc12. The molecule has 9 nitrogen and oxygen atoms in total. The van der Waals surface area contributed by atoms with Crippen LogP contribution in [0.1, 0.15) is 16.9 Å². The molecule has 3 aromatic rings. The van der Waals surface area contributed by atoms with Crippen molar-refractivity contribution in [1.29, 1.82) is 0 Å². The van der Waals surface area contributed by atoms with Crippen LogP contribution in [-0.4, -0.2) is 50.0 Å². The monoisotopic (exact) mass is 482 g/mol. The average molecular weight is 483 g/mol. The highest BCUT2D eigenvalue weighted by Crippen LogP contribution is 2.49. The van der Waals surface area contributed by atoms with E-state index < -0.39 is 11.9 Å². The highest BCUT2D eigenvalue weighted by molar-refractivity contribution is 9.10. The molecule has 2 aliphatic rings. The number of primary amides is 1. The fourth-order valence-electron chi connectivity index (χ4n) is 4.38. The molecule has 2 aromatic heterocycles. The van der Waals surface area contributed by atoms with Gasteiger partial charge in [0.2, 0.25) is 11.8 Å². The van der Waals surface area contributed by atoms with Gasteiger partial charge in [0.05, 0.1) is 5.52 Å². The molecular formula is C21H19BrN6O3. The molecule has 1 aliphatic heterocycles. The van der Waals surface area contributed by atoms with Gasteiger partial charge in [-0.3, -0.25) is 19.1 Å². The Hall–Kier alpha value is -3.27. The number of anilines is 1. The van der Waals surface area contributed by atoms with Crippen LogP contribution in [0.5, 0.6) is 0 Å². The lowest BCUT2D eigenvalue weighted by Gasteiger charge is -2.26. The first-order valence-corrected chi connectivity index (χ1v) is 10.7. The number of pyridine rings is 1. The number of likely N-dealkylation sites (tertiary alicyclic amines) is 1. The summed E-state index contributed by atoms with van der Waals surface area (Å²) in [5.74, 6) is -0.188. The lowest BCUT2D eigenvalue weighted by atomic mass is 10.1. The predicted molar refractivity (Wildman–Crippen MR) is 116 cm³/mol. The summed E-state index contributed by atoms with van der Waals surface area (Å²) in [5, 5.41) is 7.68. The Balaban J connectivity index is 1.37. The van der Waals surface area contributed by atoms with Crippen LogP contribution in [0.15, 0.2) is 47.1 Å². The molecule has 0 unspecified atom stereocenters. The Labute approximate surface area is 185 Å². The number of nitrogens with two attached hydrogens (primary N) is 1.